The zero-order chi connectivity index (χ0) is 24.6. The van der Waals surface area contributed by atoms with E-state index in [1.54, 1.807) is 18.9 Å². The maximum Gasteiger partial charge on any atom is 0.247 e. The van der Waals surface area contributed by atoms with Crippen LogP contribution in [-0.2, 0) is 25.5 Å². The Hall–Kier alpha value is -2.16. The van der Waals surface area contributed by atoms with Crippen molar-refractivity contribution < 1.29 is 19.1 Å². The van der Waals surface area contributed by atoms with Crippen LogP contribution in [0.2, 0.25) is 0 Å². The molecule has 0 radical (unpaired) electrons. The van der Waals surface area contributed by atoms with Crippen LogP contribution in [0.25, 0.3) is 0 Å². The number of hydrogen-bond donors (Lipinski definition) is 3. The second-order valence-electron chi connectivity index (χ2n) is 10.8. The van der Waals surface area contributed by atoms with Gasteiger partial charge in [0, 0.05) is 18.3 Å². The third kappa shape index (κ3) is 4.87. The summed E-state index contributed by atoms with van der Waals surface area (Å²) >= 11 is 0. The highest BCUT2D eigenvalue weighted by Gasteiger charge is 2.59. The van der Waals surface area contributed by atoms with Crippen molar-refractivity contribution in [3.05, 3.63) is 35.4 Å². The number of aryl methyl sites for hydroxylation is 1. The third-order valence-corrected chi connectivity index (χ3v) is 8.70. The average molecular weight is 519 g/mol. The van der Waals surface area contributed by atoms with Crippen molar-refractivity contribution in [2.45, 2.75) is 95.1 Å². The van der Waals surface area contributed by atoms with Gasteiger partial charge in [0.15, 0.2) is 0 Å². The molecule has 198 valence electrons. The molecule has 2 aliphatic carbocycles. The van der Waals surface area contributed by atoms with Gasteiger partial charge in [-0.1, -0.05) is 37.1 Å². The number of fused-ring (bicyclic) bond motifs is 2. The number of likely N-dealkylation sites (N-methyl/N-ethyl adjacent to an activating group) is 1. The van der Waals surface area contributed by atoms with Gasteiger partial charge < -0.3 is 25.6 Å². The normalized spacial score (nSPS) is 29.5. The van der Waals surface area contributed by atoms with Gasteiger partial charge in [0.1, 0.15) is 18.3 Å². The Morgan fingerprint density at radius 1 is 1.08 bits per heavy atom. The molecule has 3 fully saturated rings. The van der Waals surface area contributed by atoms with E-state index in [9.17, 15) is 14.4 Å². The van der Waals surface area contributed by atoms with Crippen LogP contribution in [0.5, 0.6) is 0 Å². The highest BCUT2D eigenvalue weighted by molar-refractivity contribution is 5.94. The molecule has 36 heavy (non-hydrogen) atoms. The van der Waals surface area contributed by atoms with Gasteiger partial charge in [-0.2, -0.15) is 0 Å². The maximum atomic E-state index is 14.0. The lowest BCUT2D eigenvalue weighted by Gasteiger charge is -2.37. The number of hydrogen-bond acceptors (Lipinski definition) is 5. The lowest BCUT2D eigenvalue weighted by atomic mass is 9.77. The first-order chi connectivity index (χ1) is 16.9. The molecule has 8 nitrogen and oxygen atoms in total. The molecule has 5 rings (SSSR count). The number of carbonyl (C=O) groups is 3. The fourth-order valence-electron chi connectivity index (χ4n) is 6.73. The molecule has 3 amide bonds. The monoisotopic (exact) mass is 518 g/mol. The molecular weight excluding hydrogens is 480 g/mol. The highest BCUT2D eigenvalue weighted by Crippen LogP contribution is 2.53. The van der Waals surface area contributed by atoms with Crippen LogP contribution >= 0.6 is 12.4 Å². The van der Waals surface area contributed by atoms with Crippen molar-refractivity contribution >= 4 is 30.1 Å². The summed E-state index contributed by atoms with van der Waals surface area (Å²) in [6, 6.07) is 6.61. The minimum atomic E-state index is -0.689. The zero-order valence-electron chi connectivity index (χ0n) is 21.3. The second kappa shape index (κ2) is 11.1. The minimum Gasteiger partial charge on any atom is -0.358 e. The average Bonchev–Trinajstić information content (AvgIpc) is 3.43. The molecule has 2 unspecified atom stereocenters. The molecule has 2 saturated heterocycles. The number of carbonyl (C=O) groups excluding carboxylic acids is 3. The fraction of sp³-hybridized carbons (Fsp3) is 0.667. The first-order valence-electron chi connectivity index (χ1n) is 13.2. The van der Waals surface area contributed by atoms with Crippen LogP contribution in [-0.4, -0.2) is 60.6 Å². The summed E-state index contributed by atoms with van der Waals surface area (Å²) in [6.07, 6.45) is 7.60. The van der Waals surface area contributed by atoms with Crippen molar-refractivity contribution in [2.75, 3.05) is 13.7 Å². The molecule has 2 aliphatic heterocycles. The summed E-state index contributed by atoms with van der Waals surface area (Å²) in [6.45, 7) is 2.14. The van der Waals surface area contributed by atoms with E-state index in [-0.39, 0.29) is 41.6 Å². The summed E-state index contributed by atoms with van der Waals surface area (Å²) in [5.74, 6) is -0.500. The van der Waals surface area contributed by atoms with Gasteiger partial charge in [-0.15, -0.1) is 12.4 Å². The first-order valence-corrected chi connectivity index (χ1v) is 13.2. The van der Waals surface area contributed by atoms with Gasteiger partial charge >= 0.3 is 0 Å². The molecule has 1 saturated carbocycles. The lowest BCUT2D eigenvalue weighted by Crippen LogP contribution is -2.58. The smallest absolute Gasteiger partial charge is 0.247 e. The standard InChI is InChI=1S/C27H38N4O4.ClH/c1-17(28-2)24(32)30-21-12-15-35-22-16-27(13-5-6-14-27)23(31(22)26(21)34)25(33)29-20-11-7-9-18-8-3-4-10-19(18)20;/h3-4,8,10,17,20-23,28H,5-7,9,11-16H2,1-2H3,(H,29,33)(H,30,32);1H/t17-,20+,21-,22?,23?;/m0./s1. The highest BCUT2D eigenvalue weighted by atomic mass is 35.5. The van der Waals surface area contributed by atoms with E-state index < -0.39 is 24.4 Å². The number of rotatable bonds is 5. The van der Waals surface area contributed by atoms with Gasteiger partial charge in [0.2, 0.25) is 17.7 Å². The Bertz CT molecular complexity index is 982. The van der Waals surface area contributed by atoms with Crippen LogP contribution in [0.4, 0.5) is 0 Å². The fourth-order valence-corrected chi connectivity index (χ4v) is 6.73. The number of nitrogens with one attached hydrogen (secondary N) is 3. The summed E-state index contributed by atoms with van der Waals surface area (Å²) in [5.41, 5.74) is 2.22. The lowest BCUT2D eigenvalue weighted by molar-refractivity contribution is -0.150. The van der Waals surface area contributed by atoms with E-state index in [1.807, 2.05) is 6.07 Å². The van der Waals surface area contributed by atoms with E-state index in [2.05, 4.69) is 34.1 Å². The van der Waals surface area contributed by atoms with Gasteiger partial charge in [-0.25, -0.2) is 0 Å². The molecule has 2 heterocycles. The van der Waals surface area contributed by atoms with Gasteiger partial charge in [0.05, 0.1) is 18.7 Å². The third-order valence-electron chi connectivity index (χ3n) is 8.70. The van der Waals surface area contributed by atoms with Crippen LogP contribution in [0.1, 0.15) is 75.5 Å². The van der Waals surface area contributed by atoms with Crippen LogP contribution in [0, 0.1) is 5.41 Å². The Kier molecular flexibility index (Phi) is 8.27. The molecule has 5 atom stereocenters. The van der Waals surface area contributed by atoms with Crippen LogP contribution < -0.4 is 16.0 Å². The first kappa shape index (κ1) is 26.9. The van der Waals surface area contributed by atoms with E-state index in [1.165, 1.54) is 11.1 Å². The van der Waals surface area contributed by atoms with Crippen molar-refractivity contribution in [1.29, 1.82) is 0 Å². The summed E-state index contributed by atoms with van der Waals surface area (Å²) in [5, 5.41) is 9.16. The van der Waals surface area contributed by atoms with E-state index >= 15 is 0 Å². The Morgan fingerprint density at radius 2 is 1.83 bits per heavy atom. The molecular formula is C27H39ClN4O4. The molecule has 1 spiro atoms. The van der Waals surface area contributed by atoms with Crippen molar-refractivity contribution in [3.63, 3.8) is 0 Å². The van der Waals surface area contributed by atoms with Gasteiger partial charge in [0.25, 0.3) is 0 Å². The Morgan fingerprint density at radius 3 is 2.58 bits per heavy atom. The van der Waals surface area contributed by atoms with Gasteiger partial charge in [-0.3, -0.25) is 14.4 Å². The molecule has 3 N–H and O–H groups in total. The zero-order valence-corrected chi connectivity index (χ0v) is 22.1. The number of nitrogens with zero attached hydrogens (tertiary/aromatic N) is 1. The second-order valence-corrected chi connectivity index (χ2v) is 10.8. The number of ether oxygens (including phenoxy) is 1. The summed E-state index contributed by atoms with van der Waals surface area (Å²) in [7, 11) is 1.71. The van der Waals surface area contributed by atoms with E-state index in [0.29, 0.717) is 19.4 Å². The molecule has 4 aliphatic rings. The SMILES string of the molecule is CN[C@@H](C)C(=O)N[C@H]1CCOC2CC3(CCCC3)C(C(=O)N[C@@H]3CCCc4ccccc43)N2C1=O.Cl. The van der Waals surface area contributed by atoms with E-state index in [4.69, 9.17) is 4.74 Å². The quantitative estimate of drug-likeness (QED) is 0.556. The number of amides is 3. The summed E-state index contributed by atoms with van der Waals surface area (Å²) in [4.78, 5) is 42.1. The Labute approximate surface area is 219 Å². The van der Waals surface area contributed by atoms with Crippen molar-refractivity contribution in [1.82, 2.24) is 20.9 Å². The molecule has 0 bridgehead atoms. The number of benzene rings is 1. The molecule has 1 aromatic rings. The Balaban J connectivity index is 0.00000304. The molecule has 1 aromatic carbocycles. The summed E-state index contributed by atoms with van der Waals surface area (Å²) < 4.78 is 6.17. The van der Waals surface area contributed by atoms with Crippen LogP contribution in [0.15, 0.2) is 24.3 Å². The maximum absolute atomic E-state index is 14.0. The molecule has 0 aromatic heterocycles. The number of halogens is 1. The largest absolute Gasteiger partial charge is 0.358 e. The van der Waals surface area contributed by atoms with Crippen LogP contribution in [0.3, 0.4) is 0 Å². The topological polar surface area (TPSA) is 99.8 Å². The minimum absolute atomic E-state index is 0. The van der Waals surface area contributed by atoms with Crippen molar-refractivity contribution in [2.24, 2.45) is 5.41 Å². The predicted molar refractivity (Wildman–Crippen MR) is 138 cm³/mol. The predicted octanol–water partition coefficient (Wildman–Crippen LogP) is 2.60. The van der Waals surface area contributed by atoms with Gasteiger partial charge in [-0.05, 0) is 57.2 Å². The van der Waals surface area contributed by atoms with Crippen molar-refractivity contribution in [3.8, 4) is 0 Å². The van der Waals surface area contributed by atoms with E-state index in [0.717, 1.165) is 44.9 Å². The molecule has 9 heteroatoms.